The zero-order valence-corrected chi connectivity index (χ0v) is 12.4. The molecular weight excluding hydrogens is 336 g/mol. The van der Waals surface area contributed by atoms with Crippen LogP contribution >= 0.6 is 27.7 Å². The summed E-state index contributed by atoms with van der Waals surface area (Å²) in [7, 11) is 1.72. The summed E-state index contributed by atoms with van der Waals surface area (Å²) in [6, 6.07) is 3.47. The molecule has 98 valence electrons. The van der Waals surface area contributed by atoms with E-state index in [-0.39, 0.29) is 11.1 Å². The molecule has 0 saturated heterocycles. The number of thioether (sulfide) groups is 1. The van der Waals surface area contributed by atoms with Gasteiger partial charge in [-0.25, -0.2) is 8.78 Å². The van der Waals surface area contributed by atoms with Gasteiger partial charge >= 0.3 is 0 Å². The first-order valence-corrected chi connectivity index (χ1v) is 7.17. The zero-order chi connectivity index (χ0) is 14.2. The van der Waals surface area contributed by atoms with E-state index in [0.29, 0.717) is 10.2 Å². The smallest absolute Gasteiger partial charge is 0.141 e. The Kier molecular flexibility index (Phi) is 3.92. The van der Waals surface area contributed by atoms with E-state index in [0.717, 1.165) is 17.2 Å². The van der Waals surface area contributed by atoms with Crippen LogP contribution in [0.4, 0.5) is 8.78 Å². The number of hydrogen-bond acceptors (Lipinski definition) is 3. The number of benzene rings is 1. The number of aryl methyl sites for hydroxylation is 1. The summed E-state index contributed by atoms with van der Waals surface area (Å²) in [4.78, 5) is 0. The molecule has 0 bridgehead atoms. The molecule has 3 nitrogen and oxygen atoms in total. The molecule has 0 saturated carbocycles. The lowest BCUT2D eigenvalue weighted by atomic mass is 10.1. The van der Waals surface area contributed by atoms with Gasteiger partial charge < -0.3 is 0 Å². The minimum absolute atomic E-state index is 0.0271. The Balaban J connectivity index is 2.67. The number of rotatable bonds is 2. The Bertz CT molecular complexity index is 691. The lowest BCUT2D eigenvalue weighted by molar-refractivity contribution is 0.598. The fraction of sp³-hybridized carbons (Fsp3) is 0.167. The summed E-state index contributed by atoms with van der Waals surface area (Å²) in [6.07, 6.45) is 1.86. The third-order valence-corrected chi connectivity index (χ3v) is 4.43. The Morgan fingerprint density at radius 2 is 2.05 bits per heavy atom. The van der Waals surface area contributed by atoms with Crippen LogP contribution in [-0.2, 0) is 7.05 Å². The predicted octanol–water partition coefficient (Wildman–Crippen LogP) is 3.72. The third kappa shape index (κ3) is 2.38. The van der Waals surface area contributed by atoms with Crippen LogP contribution in [0.2, 0.25) is 0 Å². The molecule has 0 aliphatic carbocycles. The van der Waals surface area contributed by atoms with Gasteiger partial charge in [0.25, 0.3) is 0 Å². The summed E-state index contributed by atoms with van der Waals surface area (Å²) >= 11 is 4.78. The SMILES string of the molecule is CSc1c(Br)c(-c2cc(F)c(C#N)cc2F)nn1C. The molecule has 2 aromatic rings. The van der Waals surface area contributed by atoms with Crippen molar-refractivity contribution in [2.45, 2.75) is 5.03 Å². The van der Waals surface area contributed by atoms with E-state index in [9.17, 15) is 8.78 Å². The highest BCUT2D eigenvalue weighted by Gasteiger charge is 2.19. The van der Waals surface area contributed by atoms with Gasteiger partial charge in [0.05, 0.1) is 10.0 Å². The van der Waals surface area contributed by atoms with Gasteiger partial charge in [-0.1, -0.05) is 0 Å². The van der Waals surface area contributed by atoms with Crippen LogP contribution < -0.4 is 0 Å². The molecule has 19 heavy (non-hydrogen) atoms. The van der Waals surface area contributed by atoms with Crippen molar-refractivity contribution in [3.63, 3.8) is 0 Å². The first-order chi connectivity index (χ1) is 8.99. The van der Waals surface area contributed by atoms with Gasteiger partial charge in [0.15, 0.2) is 0 Å². The Morgan fingerprint density at radius 3 is 2.58 bits per heavy atom. The minimum atomic E-state index is -0.762. The van der Waals surface area contributed by atoms with Gasteiger partial charge in [0.2, 0.25) is 0 Å². The van der Waals surface area contributed by atoms with Gasteiger partial charge in [0.1, 0.15) is 28.4 Å². The maximum atomic E-state index is 13.9. The molecule has 0 fully saturated rings. The first-order valence-electron chi connectivity index (χ1n) is 5.15. The highest BCUT2D eigenvalue weighted by atomic mass is 79.9. The van der Waals surface area contributed by atoms with Crippen molar-refractivity contribution < 1.29 is 8.78 Å². The summed E-state index contributed by atoms with van der Waals surface area (Å²) in [6.45, 7) is 0. The lowest BCUT2D eigenvalue weighted by Gasteiger charge is -2.02. The fourth-order valence-electron chi connectivity index (χ4n) is 1.69. The monoisotopic (exact) mass is 343 g/mol. The van der Waals surface area contributed by atoms with Gasteiger partial charge in [-0.15, -0.1) is 11.8 Å². The standard InChI is InChI=1S/C12H8BrF2N3S/c1-18-12(19-2)10(13)11(17-18)7-4-8(14)6(5-16)3-9(7)15/h3-4H,1-2H3. The maximum absolute atomic E-state index is 13.9. The number of aromatic nitrogens is 2. The molecule has 2 rings (SSSR count). The average molecular weight is 344 g/mol. The predicted molar refractivity (Wildman–Crippen MR) is 72.8 cm³/mol. The second-order valence-corrected chi connectivity index (χ2v) is 5.31. The quantitative estimate of drug-likeness (QED) is 0.780. The molecule has 0 aliphatic heterocycles. The van der Waals surface area contributed by atoms with Gasteiger partial charge in [-0.05, 0) is 34.3 Å². The lowest BCUT2D eigenvalue weighted by Crippen LogP contribution is -1.94. The van der Waals surface area contributed by atoms with Crippen LogP contribution in [-0.4, -0.2) is 16.0 Å². The molecule has 0 N–H and O–H groups in total. The van der Waals surface area contributed by atoms with Crippen molar-refractivity contribution in [2.24, 2.45) is 7.05 Å². The normalized spacial score (nSPS) is 10.5. The molecule has 0 atom stereocenters. The van der Waals surface area contributed by atoms with Crippen molar-refractivity contribution >= 4 is 27.7 Å². The highest BCUT2D eigenvalue weighted by molar-refractivity contribution is 9.10. The van der Waals surface area contributed by atoms with Crippen LogP contribution in [0, 0.1) is 23.0 Å². The molecule has 0 aliphatic rings. The third-order valence-electron chi connectivity index (χ3n) is 2.57. The van der Waals surface area contributed by atoms with Gasteiger partial charge in [0, 0.05) is 12.6 Å². The fourth-order valence-corrected chi connectivity index (χ4v) is 3.31. The van der Waals surface area contributed by atoms with Crippen LogP contribution in [0.1, 0.15) is 5.56 Å². The Labute approximate surface area is 121 Å². The summed E-state index contributed by atoms with van der Waals surface area (Å²) < 4.78 is 29.7. The Hall–Kier alpha value is -1.39. The molecule has 1 aromatic carbocycles. The maximum Gasteiger partial charge on any atom is 0.141 e. The van der Waals surface area contributed by atoms with E-state index in [4.69, 9.17) is 5.26 Å². The largest absolute Gasteiger partial charge is 0.260 e. The molecule has 1 heterocycles. The van der Waals surface area contributed by atoms with Crippen molar-refractivity contribution in [3.05, 3.63) is 33.8 Å². The van der Waals surface area contributed by atoms with Crippen molar-refractivity contribution in [1.82, 2.24) is 9.78 Å². The summed E-state index contributed by atoms with van der Waals surface area (Å²) in [5.41, 5.74) is 0.0189. The van der Waals surface area contributed by atoms with Crippen molar-refractivity contribution in [2.75, 3.05) is 6.26 Å². The van der Waals surface area contributed by atoms with E-state index in [1.54, 1.807) is 17.8 Å². The summed E-state index contributed by atoms with van der Waals surface area (Å²) in [5.74, 6) is -1.44. The van der Waals surface area contributed by atoms with E-state index in [2.05, 4.69) is 21.0 Å². The van der Waals surface area contributed by atoms with E-state index < -0.39 is 11.6 Å². The van der Waals surface area contributed by atoms with E-state index in [1.165, 1.54) is 11.8 Å². The molecule has 1 aromatic heterocycles. The molecule has 0 amide bonds. The highest BCUT2D eigenvalue weighted by Crippen LogP contribution is 2.36. The second kappa shape index (κ2) is 5.31. The van der Waals surface area contributed by atoms with Gasteiger partial charge in [-0.2, -0.15) is 10.4 Å². The molecule has 0 radical (unpaired) electrons. The number of nitrogens with zero attached hydrogens (tertiary/aromatic N) is 3. The summed E-state index contributed by atoms with van der Waals surface area (Å²) in [5, 5.41) is 13.6. The van der Waals surface area contributed by atoms with Crippen molar-refractivity contribution in [3.8, 4) is 17.3 Å². The second-order valence-electron chi connectivity index (χ2n) is 3.72. The number of halogens is 3. The van der Waals surface area contributed by atoms with Crippen LogP contribution in [0.3, 0.4) is 0 Å². The van der Waals surface area contributed by atoms with Crippen LogP contribution in [0.25, 0.3) is 11.3 Å². The zero-order valence-electron chi connectivity index (χ0n) is 10.0. The van der Waals surface area contributed by atoms with E-state index >= 15 is 0 Å². The molecular formula is C12H8BrF2N3S. The Morgan fingerprint density at radius 1 is 1.37 bits per heavy atom. The molecule has 0 unspecified atom stereocenters. The molecule has 0 spiro atoms. The number of hydrogen-bond donors (Lipinski definition) is 0. The van der Waals surface area contributed by atoms with Crippen LogP contribution in [0.5, 0.6) is 0 Å². The molecule has 7 heteroatoms. The van der Waals surface area contributed by atoms with E-state index in [1.807, 2.05) is 6.26 Å². The average Bonchev–Trinajstić information content (AvgIpc) is 2.66. The van der Waals surface area contributed by atoms with Crippen molar-refractivity contribution in [1.29, 1.82) is 5.26 Å². The minimum Gasteiger partial charge on any atom is -0.260 e. The topological polar surface area (TPSA) is 41.6 Å². The first kappa shape index (κ1) is 14.0. The number of nitriles is 1. The van der Waals surface area contributed by atoms with Crippen LogP contribution in [0.15, 0.2) is 21.6 Å². The van der Waals surface area contributed by atoms with Gasteiger partial charge in [-0.3, -0.25) is 4.68 Å².